The van der Waals surface area contributed by atoms with Crippen molar-refractivity contribution in [2.45, 2.75) is 17.4 Å². The van der Waals surface area contributed by atoms with Gasteiger partial charge in [-0.15, -0.1) is 11.8 Å². The van der Waals surface area contributed by atoms with Gasteiger partial charge in [0.15, 0.2) is 5.78 Å². The van der Waals surface area contributed by atoms with Crippen molar-refractivity contribution in [1.29, 1.82) is 0 Å². The maximum absolute atomic E-state index is 12.3. The molecule has 0 saturated heterocycles. The van der Waals surface area contributed by atoms with Crippen LogP contribution < -0.4 is 9.47 Å². The molecule has 1 heterocycles. The zero-order valence-electron chi connectivity index (χ0n) is 12.0. The molecule has 3 nitrogen and oxygen atoms in total. The Labute approximate surface area is 128 Å². The molecule has 0 aromatic heterocycles. The Morgan fingerprint density at radius 2 is 1.95 bits per heavy atom. The second-order valence-corrected chi connectivity index (χ2v) is 5.75. The van der Waals surface area contributed by atoms with Crippen LogP contribution in [0.1, 0.15) is 28.4 Å². The first-order valence-corrected chi connectivity index (χ1v) is 7.95. The summed E-state index contributed by atoms with van der Waals surface area (Å²) in [6, 6.07) is 13.5. The van der Waals surface area contributed by atoms with Crippen molar-refractivity contribution >= 4 is 17.5 Å². The maximum atomic E-state index is 12.3. The van der Waals surface area contributed by atoms with Crippen LogP contribution in [-0.2, 0) is 0 Å². The summed E-state index contributed by atoms with van der Waals surface area (Å²) in [7, 11) is 1.60. The van der Waals surface area contributed by atoms with Gasteiger partial charge < -0.3 is 9.47 Å². The zero-order chi connectivity index (χ0) is 14.8. The Kier molecular flexibility index (Phi) is 3.88. The fourth-order valence-electron chi connectivity index (χ4n) is 2.44. The van der Waals surface area contributed by atoms with E-state index in [1.54, 1.807) is 37.1 Å². The average Bonchev–Trinajstić information content (AvgIpc) is 2.54. The molecule has 1 aliphatic heterocycles. The number of benzene rings is 2. The molecule has 2 aromatic carbocycles. The molecular weight excluding hydrogens is 284 g/mol. The minimum Gasteiger partial charge on any atom is -0.497 e. The van der Waals surface area contributed by atoms with Crippen molar-refractivity contribution in [2.75, 3.05) is 13.4 Å². The van der Waals surface area contributed by atoms with Crippen LogP contribution >= 0.6 is 11.8 Å². The predicted molar refractivity (Wildman–Crippen MR) is 83.5 cm³/mol. The van der Waals surface area contributed by atoms with Gasteiger partial charge in [0.1, 0.15) is 17.6 Å². The van der Waals surface area contributed by atoms with E-state index in [4.69, 9.17) is 9.47 Å². The quantitative estimate of drug-likeness (QED) is 0.799. The molecule has 0 saturated carbocycles. The number of ether oxygens (including phenoxy) is 2. The summed E-state index contributed by atoms with van der Waals surface area (Å²) in [6.07, 6.45) is 2.18. The smallest absolute Gasteiger partial charge is 0.170 e. The van der Waals surface area contributed by atoms with Gasteiger partial charge in [-0.2, -0.15) is 0 Å². The molecule has 0 aliphatic carbocycles. The SMILES string of the molecule is COc1ccc2c(c1)OC(c1ccc(SC)cc1)CC2=O. The van der Waals surface area contributed by atoms with Crippen LogP contribution in [0.15, 0.2) is 47.4 Å². The van der Waals surface area contributed by atoms with Crippen LogP contribution in [0.3, 0.4) is 0 Å². The first-order valence-electron chi connectivity index (χ1n) is 6.73. The molecule has 108 valence electrons. The molecule has 1 unspecified atom stereocenters. The number of carbonyl (C=O) groups excluding carboxylic acids is 1. The number of carbonyl (C=O) groups is 1. The highest BCUT2D eigenvalue weighted by Gasteiger charge is 2.27. The Balaban J connectivity index is 1.90. The molecule has 0 bridgehead atoms. The van der Waals surface area contributed by atoms with E-state index in [-0.39, 0.29) is 11.9 Å². The summed E-state index contributed by atoms with van der Waals surface area (Å²) in [4.78, 5) is 13.5. The van der Waals surface area contributed by atoms with E-state index in [0.717, 1.165) is 5.56 Å². The van der Waals surface area contributed by atoms with E-state index >= 15 is 0 Å². The number of hydrogen-bond donors (Lipinski definition) is 0. The molecule has 2 aromatic rings. The molecule has 0 amide bonds. The van der Waals surface area contributed by atoms with Crippen molar-refractivity contribution in [1.82, 2.24) is 0 Å². The second kappa shape index (κ2) is 5.82. The Morgan fingerprint density at radius 1 is 1.19 bits per heavy atom. The third kappa shape index (κ3) is 2.76. The molecular formula is C17H16O3S. The number of methoxy groups -OCH3 is 1. The van der Waals surface area contributed by atoms with Gasteiger partial charge in [-0.25, -0.2) is 0 Å². The molecule has 0 N–H and O–H groups in total. The van der Waals surface area contributed by atoms with Gasteiger partial charge in [0, 0.05) is 11.0 Å². The second-order valence-electron chi connectivity index (χ2n) is 4.87. The van der Waals surface area contributed by atoms with E-state index in [0.29, 0.717) is 23.5 Å². The van der Waals surface area contributed by atoms with Crippen molar-refractivity contribution in [3.8, 4) is 11.5 Å². The number of hydrogen-bond acceptors (Lipinski definition) is 4. The van der Waals surface area contributed by atoms with Gasteiger partial charge in [-0.3, -0.25) is 4.79 Å². The molecule has 3 rings (SSSR count). The van der Waals surface area contributed by atoms with E-state index in [1.807, 2.05) is 18.4 Å². The van der Waals surface area contributed by atoms with E-state index < -0.39 is 0 Å². The number of thioether (sulfide) groups is 1. The van der Waals surface area contributed by atoms with Crippen LogP contribution in [0, 0.1) is 0 Å². The third-order valence-electron chi connectivity index (χ3n) is 3.62. The standard InChI is InChI=1S/C17H16O3S/c1-19-12-5-8-14-15(18)10-16(20-17(14)9-12)11-3-6-13(21-2)7-4-11/h3-9,16H,10H2,1-2H3. The molecule has 21 heavy (non-hydrogen) atoms. The van der Waals surface area contributed by atoms with Crippen molar-refractivity contribution in [3.05, 3.63) is 53.6 Å². The lowest BCUT2D eigenvalue weighted by Gasteiger charge is -2.26. The highest BCUT2D eigenvalue weighted by atomic mass is 32.2. The van der Waals surface area contributed by atoms with Crippen LogP contribution in [-0.4, -0.2) is 19.1 Å². The van der Waals surface area contributed by atoms with Gasteiger partial charge >= 0.3 is 0 Å². The zero-order valence-corrected chi connectivity index (χ0v) is 12.8. The summed E-state index contributed by atoms with van der Waals surface area (Å²) in [5, 5.41) is 0. The third-order valence-corrected chi connectivity index (χ3v) is 4.36. The van der Waals surface area contributed by atoms with E-state index in [1.165, 1.54) is 4.90 Å². The van der Waals surface area contributed by atoms with Gasteiger partial charge in [-0.05, 0) is 36.1 Å². The van der Waals surface area contributed by atoms with Crippen LogP contribution in [0.4, 0.5) is 0 Å². The summed E-state index contributed by atoms with van der Waals surface area (Å²) < 4.78 is 11.2. The molecule has 0 spiro atoms. The number of rotatable bonds is 3. The molecule has 4 heteroatoms. The highest BCUT2D eigenvalue weighted by Crippen LogP contribution is 2.37. The molecule has 0 radical (unpaired) electrons. The number of fused-ring (bicyclic) bond motifs is 1. The first-order chi connectivity index (χ1) is 10.2. The summed E-state index contributed by atoms with van der Waals surface area (Å²) in [6.45, 7) is 0. The Morgan fingerprint density at radius 3 is 2.62 bits per heavy atom. The summed E-state index contributed by atoms with van der Waals surface area (Å²) in [5.41, 5.74) is 1.66. The number of ketones is 1. The average molecular weight is 300 g/mol. The number of Topliss-reactive ketones (excluding diaryl/α,β-unsaturated/α-hetero) is 1. The summed E-state index contributed by atoms with van der Waals surface area (Å²) in [5.74, 6) is 1.40. The van der Waals surface area contributed by atoms with Crippen LogP contribution in [0.5, 0.6) is 11.5 Å². The topological polar surface area (TPSA) is 35.5 Å². The van der Waals surface area contributed by atoms with Gasteiger partial charge in [0.2, 0.25) is 0 Å². The fourth-order valence-corrected chi connectivity index (χ4v) is 2.84. The highest BCUT2D eigenvalue weighted by molar-refractivity contribution is 7.98. The van der Waals surface area contributed by atoms with Crippen molar-refractivity contribution < 1.29 is 14.3 Å². The lowest BCUT2D eigenvalue weighted by Crippen LogP contribution is -2.20. The Bertz CT molecular complexity index is 664. The predicted octanol–water partition coefficient (Wildman–Crippen LogP) is 4.12. The molecule has 1 aliphatic rings. The van der Waals surface area contributed by atoms with Gasteiger partial charge in [0.25, 0.3) is 0 Å². The fraction of sp³-hybridized carbons (Fsp3) is 0.235. The Hall–Kier alpha value is -1.94. The van der Waals surface area contributed by atoms with Gasteiger partial charge in [-0.1, -0.05) is 12.1 Å². The minimum atomic E-state index is -0.229. The van der Waals surface area contributed by atoms with E-state index in [2.05, 4.69) is 12.1 Å². The van der Waals surface area contributed by atoms with Gasteiger partial charge in [0.05, 0.1) is 19.1 Å². The monoisotopic (exact) mass is 300 g/mol. The lowest BCUT2D eigenvalue weighted by atomic mass is 9.96. The van der Waals surface area contributed by atoms with Crippen LogP contribution in [0.2, 0.25) is 0 Å². The minimum absolute atomic E-state index is 0.109. The van der Waals surface area contributed by atoms with Crippen molar-refractivity contribution in [2.24, 2.45) is 0 Å². The van der Waals surface area contributed by atoms with Crippen molar-refractivity contribution in [3.63, 3.8) is 0 Å². The largest absolute Gasteiger partial charge is 0.497 e. The van der Waals surface area contributed by atoms with E-state index in [9.17, 15) is 4.79 Å². The normalized spacial score (nSPS) is 17.0. The maximum Gasteiger partial charge on any atom is 0.170 e. The summed E-state index contributed by atoms with van der Waals surface area (Å²) >= 11 is 1.69. The molecule has 1 atom stereocenters. The van der Waals surface area contributed by atoms with Crippen LogP contribution in [0.25, 0.3) is 0 Å². The first kappa shape index (κ1) is 14.0. The lowest BCUT2D eigenvalue weighted by molar-refractivity contribution is 0.0849. The molecule has 0 fully saturated rings.